The summed E-state index contributed by atoms with van der Waals surface area (Å²) in [4.78, 5) is 34.3. The van der Waals surface area contributed by atoms with Gasteiger partial charge in [-0.05, 0) is 86.9 Å². The molecule has 1 N–H and O–H groups in total. The summed E-state index contributed by atoms with van der Waals surface area (Å²) < 4.78 is 33.9. The summed E-state index contributed by atoms with van der Waals surface area (Å²) in [7, 11) is 5.30. The van der Waals surface area contributed by atoms with Gasteiger partial charge in [-0.15, -0.1) is 0 Å². The van der Waals surface area contributed by atoms with Crippen LogP contribution >= 0.6 is 0 Å². The summed E-state index contributed by atoms with van der Waals surface area (Å²) in [5, 5.41) is 2.80. The lowest BCUT2D eigenvalue weighted by molar-refractivity contribution is -0.117. The zero-order valence-corrected chi connectivity index (χ0v) is 21.9. The molecule has 0 saturated carbocycles. The van der Waals surface area contributed by atoms with Gasteiger partial charge in [0.25, 0.3) is 5.91 Å². The zero-order chi connectivity index (χ0) is 27.9. The number of ether oxygens (including phenoxy) is 1. The first-order valence-electron chi connectivity index (χ1n) is 12.2. The number of methoxy groups -OCH3 is 1. The molecule has 0 saturated heterocycles. The average Bonchev–Trinajstić information content (AvgIpc) is 3.34. The van der Waals surface area contributed by atoms with E-state index in [2.05, 4.69) is 10.3 Å². The van der Waals surface area contributed by atoms with Crippen LogP contribution in [0.5, 0.6) is 5.75 Å². The molecule has 39 heavy (non-hydrogen) atoms. The largest absolute Gasteiger partial charge is 0.497 e. The van der Waals surface area contributed by atoms with Crippen LogP contribution in [0.4, 0.5) is 14.7 Å². The van der Waals surface area contributed by atoms with Gasteiger partial charge >= 0.3 is 0 Å². The van der Waals surface area contributed by atoms with E-state index in [0.717, 1.165) is 5.56 Å². The summed E-state index contributed by atoms with van der Waals surface area (Å²) in [5.74, 6) is -0.819. The second-order valence-electron chi connectivity index (χ2n) is 9.11. The fourth-order valence-corrected chi connectivity index (χ4v) is 3.85. The highest BCUT2D eigenvalue weighted by atomic mass is 19.1. The highest BCUT2D eigenvalue weighted by molar-refractivity contribution is 5.99. The molecule has 3 aromatic carbocycles. The summed E-state index contributed by atoms with van der Waals surface area (Å²) in [6.45, 7) is 0.546. The second kappa shape index (κ2) is 12.3. The van der Waals surface area contributed by atoms with Crippen molar-refractivity contribution in [2.45, 2.75) is 0 Å². The average molecular weight is 534 g/mol. The van der Waals surface area contributed by atoms with Gasteiger partial charge in [0.05, 0.1) is 12.8 Å². The Morgan fingerprint density at radius 3 is 2.10 bits per heavy atom. The molecule has 0 aliphatic heterocycles. The number of anilines is 1. The topological polar surface area (TPSA) is 79.7 Å². The zero-order valence-electron chi connectivity index (χ0n) is 21.9. The van der Waals surface area contributed by atoms with Crippen LogP contribution in [-0.4, -0.2) is 72.0 Å². The fourth-order valence-electron chi connectivity index (χ4n) is 3.85. The second-order valence-corrected chi connectivity index (χ2v) is 9.11. The maximum atomic E-state index is 13.6. The van der Waals surface area contributed by atoms with E-state index in [1.807, 2.05) is 31.1 Å². The van der Waals surface area contributed by atoms with Crippen molar-refractivity contribution in [3.8, 4) is 22.7 Å². The van der Waals surface area contributed by atoms with Gasteiger partial charge in [-0.1, -0.05) is 0 Å². The molecular formula is C29H29F2N5O3. The number of hydrogen-bond acceptors (Lipinski definition) is 5. The Hall–Kier alpha value is -4.57. The van der Waals surface area contributed by atoms with Crippen LogP contribution in [0.15, 0.2) is 79.0 Å². The van der Waals surface area contributed by atoms with Gasteiger partial charge in [-0.25, -0.2) is 13.8 Å². The number of carbonyl (C=O) groups is 2. The number of benzene rings is 3. The van der Waals surface area contributed by atoms with E-state index in [4.69, 9.17) is 4.74 Å². The fraction of sp³-hybridized carbons (Fsp3) is 0.207. The van der Waals surface area contributed by atoms with Crippen molar-refractivity contribution in [3.05, 3.63) is 96.2 Å². The summed E-state index contributed by atoms with van der Waals surface area (Å²) >= 11 is 0. The van der Waals surface area contributed by atoms with E-state index in [1.54, 1.807) is 42.1 Å². The van der Waals surface area contributed by atoms with Crippen molar-refractivity contribution in [2.75, 3.05) is 46.2 Å². The van der Waals surface area contributed by atoms with E-state index >= 15 is 0 Å². The number of carbonyl (C=O) groups excluding carboxylic acids is 2. The Balaban J connectivity index is 1.61. The van der Waals surface area contributed by atoms with Gasteiger partial charge in [-0.3, -0.25) is 19.5 Å². The summed E-state index contributed by atoms with van der Waals surface area (Å²) in [6.07, 6.45) is 1.73. The molecule has 0 unspecified atom stereocenters. The normalized spacial score (nSPS) is 10.9. The molecule has 4 aromatic rings. The molecule has 10 heteroatoms. The van der Waals surface area contributed by atoms with Crippen LogP contribution in [0.2, 0.25) is 0 Å². The molecule has 0 spiro atoms. The molecule has 8 nitrogen and oxygen atoms in total. The SMILES string of the molecule is COc1ccc(-c2cn(-c3ccc(F)cc3)c(NC(=O)CN(CCN(C)C)C(=O)c3ccc(F)cc3)n2)cc1. The lowest BCUT2D eigenvalue weighted by Gasteiger charge is -2.24. The minimum Gasteiger partial charge on any atom is -0.497 e. The maximum Gasteiger partial charge on any atom is 0.254 e. The third-order valence-electron chi connectivity index (χ3n) is 5.98. The number of halogens is 2. The molecule has 1 aromatic heterocycles. The van der Waals surface area contributed by atoms with E-state index in [-0.39, 0.29) is 24.6 Å². The summed E-state index contributed by atoms with van der Waals surface area (Å²) in [6, 6.07) is 18.3. The van der Waals surface area contributed by atoms with Crippen LogP contribution in [0, 0.1) is 11.6 Å². The third-order valence-corrected chi connectivity index (χ3v) is 5.98. The van der Waals surface area contributed by atoms with E-state index < -0.39 is 23.4 Å². The number of hydrogen-bond donors (Lipinski definition) is 1. The van der Waals surface area contributed by atoms with Crippen molar-refractivity contribution in [2.24, 2.45) is 0 Å². The Labute approximate surface area is 225 Å². The Kier molecular flexibility index (Phi) is 8.67. The van der Waals surface area contributed by atoms with E-state index in [9.17, 15) is 18.4 Å². The van der Waals surface area contributed by atoms with Crippen LogP contribution < -0.4 is 10.1 Å². The van der Waals surface area contributed by atoms with Gasteiger partial charge in [0, 0.05) is 36.1 Å². The first-order valence-corrected chi connectivity index (χ1v) is 12.2. The van der Waals surface area contributed by atoms with Crippen molar-refractivity contribution < 1.29 is 23.1 Å². The molecule has 202 valence electrons. The Morgan fingerprint density at radius 2 is 1.51 bits per heavy atom. The first kappa shape index (κ1) is 27.5. The molecule has 0 bridgehead atoms. The van der Waals surface area contributed by atoms with E-state index in [0.29, 0.717) is 23.7 Å². The number of rotatable bonds is 10. The van der Waals surface area contributed by atoms with Crippen molar-refractivity contribution >= 4 is 17.8 Å². The van der Waals surface area contributed by atoms with Crippen LogP contribution in [0.25, 0.3) is 16.9 Å². The monoisotopic (exact) mass is 533 g/mol. The standard InChI is InChI=1S/C29H29F2N5O3/c1-34(2)16-17-35(28(38)21-4-8-22(30)9-5-21)19-27(37)33-29-32-26(20-6-14-25(39-3)15-7-20)18-36(29)24-12-10-23(31)11-13-24/h4-15,18H,16-17,19H2,1-3H3,(H,32,33,37). The van der Waals surface area contributed by atoms with Crippen LogP contribution in [0.3, 0.4) is 0 Å². The minimum atomic E-state index is -0.473. The highest BCUT2D eigenvalue weighted by Crippen LogP contribution is 2.26. The lowest BCUT2D eigenvalue weighted by Crippen LogP contribution is -2.41. The predicted octanol–water partition coefficient (Wildman–Crippen LogP) is 4.47. The van der Waals surface area contributed by atoms with Crippen molar-refractivity contribution in [1.29, 1.82) is 0 Å². The van der Waals surface area contributed by atoms with Gasteiger partial charge in [0.2, 0.25) is 11.9 Å². The molecule has 0 radical (unpaired) electrons. The number of nitrogens with one attached hydrogen (secondary N) is 1. The smallest absolute Gasteiger partial charge is 0.254 e. The molecule has 1 heterocycles. The molecular weight excluding hydrogens is 504 g/mol. The third kappa shape index (κ3) is 7.05. The predicted molar refractivity (Wildman–Crippen MR) is 145 cm³/mol. The Bertz CT molecular complexity index is 1420. The molecule has 0 fully saturated rings. The van der Waals surface area contributed by atoms with Crippen molar-refractivity contribution in [3.63, 3.8) is 0 Å². The van der Waals surface area contributed by atoms with Crippen LogP contribution in [-0.2, 0) is 4.79 Å². The number of likely N-dealkylation sites (N-methyl/N-ethyl adjacent to an activating group) is 1. The maximum absolute atomic E-state index is 13.6. The molecule has 0 aliphatic rings. The first-order chi connectivity index (χ1) is 18.7. The molecule has 0 atom stereocenters. The quantitative estimate of drug-likeness (QED) is 0.326. The summed E-state index contributed by atoms with van der Waals surface area (Å²) in [5.41, 5.74) is 2.22. The Morgan fingerprint density at radius 1 is 0.897 bits per heavy atom. The molecule has 2 amide bonds. The number of aromatic nitrogens is 2. The van der Waals surface area contributed by atoms with Crippen molar-refractivity contribution in [1.82, 2.24) is 19.4 Å². The van der Waals surface area contributed by atoms with Crippen LogP contribution in [0.1, 0.15) is 10.4 Å². The van der Waals surface area contributed by atoms with Gasteiger partial charge in [0.1, 0.15) is 23.9 Å². The lowest BCUT2D eigenvalue weighted by atomic mass is 10.1. The number of amides is 2. The van der Waals surface area contributed by atoms with Gasteiger partial charge in [-0.2, -0.15) is 0 Å². The van der Waals surface area contributed by atoms with Gasteiger partial charge in [0.15, 0.2) is 0 Å². The number of nitrogens with zero attached hydrogens (tertiary/aromatic N) is 4. The molecule has 4 rings (SSSR count). The van der Waals surface area contributed by atoms with Gasteiger partial charge < -0.3 is 14.5 Å². The highest BCUT2D eigenvalue weighted by Gasteiger charge is 2.21. The van der Waals surface area contributed by atoms with E-state index in [1.165, 1.54) is 41.3 Å². The minimum absolute atomic E-state index is 0.208. The number of imidazole rings is 1. The molecule has 0 aliphatic carbocycles.